The summed E-state index contributed by atoms with van der Waals surface area (Å²) in [6, 6.07) is 4.81. The molecule has 3 rings (SSSR count). The molecule has 1 atom stereocenters. The molecule has 0 spiro atoms. The zero-order valence-electron chi connectivity index (χ0n) is 12.0. The van der Waals surface area contributed by atoms with Gasteiger partial charge in [0.2, 0.25) is 0 Å². The maximum absolute atomic E-state index is 10.2. The highest BCUT2D eigenvalue weighted by Crippen LogP contribution is 2.26. The first-order chi connectivity index (χ1) is 11.0. The van der Waals surface area contributed by atoms with E-state index in [1.165, 1.54) is 10.8 Å². The molecule has 0 aliphatic heterocycles. The Hall–Kier alpha value is -2.33. The fourth-order valence-electron chi connectivity index (χ4n) is 2.07. The molecule has 0 saturated heterocycles. The Labute approximate surface area is 141 Å². The molecule has 0 aliphatic rings. The average Bonchev–Trinajstić information content (AvgIpc) is 2.95. The van der Waals surface area contributed by atoms with Gasteiger partial charge in [-0.05, 0) is 19.1 Å². The summed E-state index contributed by atoms with van der Waals surface area (Å²) in [7, 11) is 0. The number of nitrogen functional groups attached to an aromatic ring is 1. The van der Waals surface area contributed by atoms with E-state index >= 15 is 0 Å². The first kappa shape index (κ1) is 15.6. The maximum atomic E-state index is 10.2. The summed E-state index contributed by atoms with van der Waals surface area (Å²) in [5.74, 6) is 6.25. The fraction of sp³-hybridized carbons (Fsp3) is 0.133. The Bertz CT molecular complexity index is 958. The molecule has 0 amide bonds. The van der Waals surface area contributed by atoms with Gasteiger partial charge in [0, 0.05) is 15.6 Å². The number of nitrogens with two attached hydrogens (primary N) is 1. The third-order valence-electron chi connectivity index (χ3n) is 3.23. The van der Waals surface area contributed by atoms with Crippen molar-refractivity contribution >= 4 is 34.8 Å². The lowest BCUT2D eigenvalue weighted by atomic mass is 10.1. The molecule has 2 heterocycles. The van der Waals surface area contributed by atoms with Crippen molar-refractivity contribution in [3.05, 3.63) is 51.4 Å². The SMILES string of the molecule is Cc1nc2ncnn2c(N)c1C#CC(O)c1ccc(Cl)cc1Cl. The summed E-state index contributed by atoms with van der Waals surface area (Å²) in [4.78, 5) is 8.24. The second kappa shape index (κ2) is 6.05. The number of aromatic nitrogens is 4. The molecule has 0 aliphatic carbocycles. The average molecular weight is 348 g/mol. The molecule has 23 heavy (non-hydrogen) atoms. The van der Waals surface area contributed by atoms with Gasteiger partial charge in [-0.1, -0.05) is 41.1 Å². The van der Waals surface area contributed by atoms with Gasteiger partial charge < -0.3 is 10.8 Å². The van der Waals surface area contributed by atoms with Crippen LogP contribution in [0, 0.1) is 18.8 Å². The molecular weight excluding hydrogens is 337 g/mol. The van der Waals surface area contributed by atoms with Crippen molar-refractivity contribution < 1.29 is 5.11 Å². The maximum Gasteiger partial charge on any atom is 0.254 e. The summed E-state index contributed by atoms with van der Waals surface area (Å²) in [5, 5.41) is 15.0. The molecule has 2 aromatic heterocycles. The van der Waals surface area contributed by atoms with Crippen LogP contribution in [-0.2, 0) is 0 Å². The number of halogens is 2. The molecule has 0 fully saturated rings. The number of fused-ring (bicyclic) bond motifs is 1. The minimum absolute atomic E-state index is 0.312. The monoisotopic (exact) mass is 347 g/mol. The first-order valence-corrected chi connectivity index (χ1v) is 7.33. The number of aryl methyl sites for hydroxylation is 1. The summed E-state index contributed by atoms with van der Waals surface area (Å²) in [6.45, 7) is 1.76. The number of nitrogens with zero attached hydrogens (tertiary/aromatic N) is 4. The van der Waals surface area contributed by atoms with E-state index in [-0.39, 0.29) is 0 Å². The zero-order chi connectivity index (χ0) is 16.6. The van der Waals surface area contributed by atoms with E-state index in [2.05, 4.69) is 26.9 Å². The predicted molar refractivity (Wildman–Crippen MR) is 88.2 cm³/mol. The van der Waals surface area contributed by atoms with Crippen molar-refractivity contribution in [1.82, 2.24) is 19.6 Å². The Morgan fingerprint density at radius 1 is 1.35 bits per heavy atom. The lowest BCUT2D eigenvalue weighted by Crippen LogP contribution is -2.06. The molecule has 1 aromatic carbocycles. The van der Waals surface area contributed by atoms with Crippen LogP contribution in [0.4, 0.5) is 5.82 Å². The normalized spacial score (nSPS) is 12.0. The van der Waals surface area contributed by atoms with Gasteiger partial charge in [0.05, 0.1) is 11.3 Å². The number of anilines is 1. The topological polar surface area (TPSA) is 89.3 Å². The quantitative estimate of drug-likeness (QED) is 0.659. The van der Waals surface area contributed by atoms with Crippen LogP contribution in [0.1, 0.15) is 22.9 Å². The van der Waals surface area contributed by atoms with Crippen molar-refractivity contribution in [3.8, 4) is 11.8 Å². The van der Waals surface area contributed by atoms with Crippen molar-refractivity contribution in [2.45, 2.75) is 13.0 Å². The van der Waals surface area contributed by atoms with Crippen LogP contribution in [0.15, 0.2) is 24.5 Å². The largest absolute Gasteiger partial charge is 0.382 e. The van der Waals surface area contributed by atoms with Crippen LogP contribution in [0.2, 0.25) is 10.0 Å². The Balaban J connectivity index is 2.01. The van der Waals surface area contributed by atoms with E-state index in [1.54, 1.807) is 25.1 Å². The second-order valence-corrected chi connectivity index (χ2v) is 5.61. The van der Waals surface area contributed by atoms with Crippen LogP contribution in [-0.4, -0.2) is 24.7 Å². The molecular formula is C15H11Cl2N5O. The standard InChI is InChI=1S/C15H11Cl2N5O/c1-8-10(14(18)22-15(21-8)19-7-20-22)4-5-13(23)11-3-2-9(16)6-12(11)17/h2-3,6-7,13,23H,18H2,1H3. The Kier molecular flexibility index (Phi) is 4.09. The van der Waals surface area contributed by atoms with E-state index in [9.17, 15) is 5.11 Å². The van der Waals surface area contributed by atoms with Crippen LogP contribution in [0.5, 0.6) is 0 Å². The molecule has 116 valence electrons. The van der Waals surface area contributed by atoms with Gasteiger partial charge in [0.1, 0.15) is 18.2 Å². The molecule has 6 nitrogen and oxygen atoms in total. The number of aliphatic hydroxyl groups is 1. The summed E-state index contributed by atoms with van der Waals surface area (Å²) in [6.07, 6.45) is 0.280. The molecule has 8 heteroatoms. The van der Waals surface area contributed by atoms with Crippen LogP contribution in [0.25, 0.3) is 5.78 Å². The summed E-state index contributed by atoms with van der Waals surface area (Å²) < 4.78 is 1.39. The Morgan fingerprint density at radius 3 is 2.87 bits per heavy atom. The number of rotatable bonds is 1. The summed E-state index contributed by atoms with van der Waals surface area (Å²) >= 11 is 11.9. The van der Waals surface area contributed by atoms with Gasteiger partial charge in [-0.15, -0.1) is 0 Å². The minimum Gasteiger partial charge on any atom is -0.382 e. The number of hydrogen-bond acceptors (Lipinski definition) is 5. The third kappa shape index (κ3) is 2.94. The highest BCUT2D eigenvalue weighted by Gasteiger charge is 2.12. The highest BCUT2D eigenvalue weighted by atomic mass is 35.5. The number of benzene rings is 1. The van der Waals surface area contributed by atoms with Gasteiger partial charge in [0.15, 0.2) is 0 Å². The molecule has 0 saturated carbocycles. The minimum atomic E-state index is -1.08. The van der Waals surface area contributed by atoms with E-state index in [0.717, 1.165) is 0 Å². The third-order valence-corrected chi connectivity index (χ3v) is 3.80. The van der Waals surface area contributed by atoms with Gasteiger partial charge in [-0.25, -0.2) is 4.98 Å². The van der Waals surface area contributed by atoms with E-state index in [1.807, 2.05) is 0 Å². The second-order valence-electron chi connectivity index (χ2n) is 4.77. The van der Waals surface area contributed by atoms with E-state index in [0.29, 0.717) is 38.5 Å². The van der Waals surface area contributed by atoms with Gasteiger partial charge in [-0.2, -0.15) is 14.6 Å². The highest BCUT2D eigenvalue weighted by molar-refractivity contribution is 6.35. The van der Waals surface area contributed by atoms with Crippen LogP contribution >= 0.6 is 23.2 Å². The molecule has 3 aromatic rings. The molecule has 1 unspecified atom stereocenters. The van der Waals surface area contributed by atoms with E-state index in [4.69, 9.17) is 28.9 Å². The van der Waals surface area contributed by atoms with E-state index < -0.39 is 6.10 Å². The fourth-order valence-corrected chi connectivity index (χ4v) is 2.59. The number of hydrogen-bond donors (Lipinski definition) is 2. The van der Waals surface area contributed by atoms with Crippen molar-refractivity contribution in [2.24, 2.45) is 0 Å². The van der Waals surface area contributed by atoms with Crippen molar-refractivity contribution in [3.63, 3.8) is 0 Å². The van der Waals surface area contributed by atoms with Crippen molar-refractivity contribution in [2.75, 3.05) is 5.73 Å². The smallest absolute Gasteiger partial charge is 0.254 e. The molecule has 3 N–H and O–H groups in total. The van der Waals surface area contributed by atoms with Gasteiger partial charge >= 0.3 is 0 Å². The lowest BCUT2D eigenvalue weighted by molar-refractivity contribution is 0.238. The van der Waals surface area contributed by atoms with Crippen molar-refractivity contribution in [1.29, 1.82) is 0 Å². The van der Waals surface area contributed by atoms with Gasteiger partial charge in [0.25, 0.3) is 5.78 Å². The lowest BCUT2D eigenvalue weighted by Gasteiger charge is -2.07. The summed E-state index contributed by atoms with van der Waals surface area (Å²) in [5.41, 5.74) is 7.58. The predicted octanol–water partition coefficient (Wildman–Crippen LogP) is 2.41. The first-order valence-electron chi connectivity index (χ1n) is 6.57. The molecule has 0 bridgehead atoms. The zero-order valence-corrected chi connectivity index (χ0v) is 13.5. The molecule has 0 radical (unpaired) electrons. The van der Waals surface area contributed by atoms with Gasteiger partial charge in [-0.3, -0.25) is 0 Å². The van der Waals surface area contributed by atoms with Crippen LogP contribution < -0.4 is 5.73 Å². The number of aliphatic hydroxyl groups excluding tert-OH is 1. The van der Waals surface area contributed by atoms with Crippen LogP contribution in [0.3, 0.4) is 0 Å². The Morgan fingerprint density at radius 2 is 2.13 bits per heavy atom.